The van der Waals surface area contributed by atoms with E-state index in [1.165, 1.54) is 11.1 Å². The second kappa shape index (κ2) is 8.87. The Morgan fingerprint density at radius 2 is 1.86 bits per heavy atom. The summed E-state index contributed by atoms with van der Waals surface area (Å²) in [5.74, 6) is 0.420. The number of aryl methyl sites for hydroxylation is 2. The third kappa shape index (κ3) is 4.95. The Kier molecular flexibility index (Phi) is 6.14. The smallest absolute Gasteiger partial charge is 0.240 e. The number of benzene rings is 2. The molecule has 6 nitrogen and oxygen atoms in total. The van der Waals surface area contributed by atoms with Crippen molar-refractivity contribution in [3.8, 4) is 0 Å². The molecule has 2 aliphatic rings. The molecule has 186 valence electrons. The number of likely N-dealkylation sites (tertiary alicyclic amines) is 1. The number of nitrogens with one attached hydrogen (secondary N) is 2. The fourth-order valence-corrected chi connectivity index (χ4v) is 7.04. The van der Waals surface area contributed by atoms with Gasteiger partial charge in [-0.25, -0.2) is 13.1 Å². The maximum atomic E-state index is 13.3. The number of aromatic amines is 1. The zero-order valence-corrected chi connectivity index (χ0v) is 21.9. The van der Waals surface area contributed by atoms with E-state index in [-0.39, 0.29) is 22.0 Å². The fourth-order valence-electron chi connectivity index (χ4n) is 5.67. The molecule has 0 amide bonds. The zero-order valence-electron chi connectivity index (χ0n) is 21.1. The van der Waals surface area contributed by atoms with Crippen LogP contribution in [0.4, 0.5) is 0 Å². The third-order valence-electron chi connectivity index (χ3n) is 7.49. The molecule has 7 heteroatoms. The Morgan fingerprint density at radius 1 is 1.11 bits per heavy atom. The third-order valence-corrected chi connectivity index (χ3v) is 9.06. The fraction of sp³-hybridized carbons (Fsp3) is 0.464. The first-order valence-corrected chi connectivity index (χ1v) is 13.9. The number of carbonyl (C=O) groups is 1. The van der Waals surface area contributed by atoms with Crippen LogP contribution in [0.3, 0.4) is 0 Å². The van der Waals surface area contributed by atoms with Crippen molar-refractivity contribution in [3.63, 3.8) is 0 Å². The number of hydrogen-bond donors (Lipinski definition) is 2. The molecule has 1 unspecified atom stereocenters. The van der Waals surface area contributed by atoms with Crippen LogP contribution < -0.4 is 4.72 Å². The number of ketones is 1. The Hall–Kier alpha value is -2.48. The standard InChI is InChI=1S/C28H35N3O3S/c1-18-5-7-20(8-6-18)16-31-10-9-21(17-31)15-29-35(33,34)26-12-23-22(11-19(26)2)27-24(30-23)13-28(3,4)14-25(27)32/h5-8,11-12,21,29-30H,9-10,13-17H2,1-4H3. The SMILES string of the molecule is Cc1ccc(CN2CCC(CNS(=O)(=O)c3cc4[nH]c5c(c4cc3C)C(=O)CC(C)(C)C5)C2)cc1. The summed E-state index contributed by atoms with van der Waals surface area (Å²) in [6.45, 7) is 11.3. The van der Waals surface area contributed by atoms with Crippen molar-refractivity contribution in [2.45, 2.75) is 58.4 Å². The first-order valence-electron chi connectivity index (χ1n) is 12.5. The molecule has 2 N–H and O–H groups in total. The van der Waals surface area contributed by atoms with Gasteiger partial charge >= 0.3 is 0 Å². The summed E-state index contributed by atoms with van der Waals surface area (Å²) in [6.07, 6.45) is 2.27. The highest BCUT2D eigenvalue weighted by molar-refractivity contribution is 7.89. The maximum absolute atomic E-state index is 13.3. The Bertz CT molecular complexity index is 1390. The molecular weight excluding hydrogens is 458 g/mol. The monoisotopic (exact) mass is 493 g/mol. The molecule has 1 atom stereocenters. The highest BCUT2D eigenvalue weighted by atomic mass is 32.2. The maximum Gasteiger partial charge on any atom is 0.240 e. The van der Waals surface area contributed by atoms with Gasteiger partial charge in [0.2, 0.25) is 10.0 Å². The van der Waals surface area contributed by atoms with Crippen LogP contribution in [-0.2, 0) is 23.0 Å². The van der Waals surface area contributed by atoms with Gasteiger partial charge in [0.15, 0.2) is 5.78 Å². The summed E-state index contributed by atoms with van der Waals surface area (Å²) in [7, 11) is -3.66. The van der Waals surface area contributed by atoms with Gasteiger partial charge in [-0.15, -0.1) is 0 Å². The number of nitrogens with zero attached hydrogens (tertiary/aromatic N) is 1. The number of rotatable bonds is 6. The molecule has 0 bridgehead atoms. The van der Waals surface area contributed by atoms with E-state index in [2.05, 4.69) is 59.6 Å². The average Bonchev–Trinajstić information content (AvgIpc) is 3.36. The van der Waals surface area contributed by atoms with Gasteiger partial charge in [0.1, 0.15) is 0 Å². The summed E-state index contributed by atoms with van der Waals surface area (Å²) in [6, 6.07) is 12.1. The van der Waals surface area contributed by atoms with Crippen LogP contribution in [0.25, 0.3) is 10.9 Å². The molecule has 1 fully saturated rings. The van der Waals surface area contributed by atoms with Crippen LogP contribution in [0, 0.1) is 25.2 Å². The normalized spacial score (nSPS) is 20.5. The topological polar surface area (TPSA) is 82.3 Å². The minimum atomic E-state index is -3.66. The highest BCUT2D eigenvalue weighted by Crippen LogP contribution is 2.39. The van der Waals surface area contributed by atoms with E-state index >= 15 is 0 Å². The van der Waals surface area contributed by atoms with Crippen LogP contribution in [0.2, 0.25) is 0 Å². The van der Waals surface area contributed by atoms with Crippen LogP contribution in [0.15, 0.2) is 41.3 Å². The number of aromatic nitrogens is 1. The Morgan fingerprint density at radius 3 is 2.60 bits per heavy atom. The van der Waals surface area contributed by atoms with Gasteiger partial charge in [-0.3, -0.25) is 9.69 Å². The average molecular weight is 494 g/mol. The first-order chi connectivity index (χ1) is 16.5. The van der Waals surface area contributed by atoms with Crippen LogP contribution in [-0.4, -0.2) is 43.7 Å². The van der Waals surface area contributed by atoms with E-state index in [9.17, 15) is 13.2 Å². The summed E-state index contributed by atoms with van der Waals surface area (Å²) < 4.78 is 29.4. The van der Waals surface area contributed by atoms with Crippen LogP contribution in [0.1, 0.15) is 59.4 Å². The molecule has 3 aromatic rings. The van der Waals surface area contributed by atoms with Gasteiger partial charge < -0.3 is 4.98 Å². The molecule has 0 spiro atoms. The molecule has 1 aliphatic heterocycles. The van der Waals surface area contributed by atoms with E-state index in [1.54, 1.807) is 6.07 Å². The van der Waals surface area contributed by atoms with E-state index in [0.717, 1.165) is 54.6 Å². The summed E-state index contributed by atoms with van der Waals surface area (Å²) in [5.41, 5.74) is 5.49. The second-order valence-corrected chi connectivity index (χ2v) is 13.0. The predicted octanol–water partition coefficient (Wildman–Crippen LogP) is 4.74. The lowest BCUT2D eigenvalue weighted by Crippen LogP contribution is -2.31. The largest absolute Gasteiger partial charge is 0.358 e. The van der Waals surface area contributed by atoms with Crippen LogP contribution in [0.5, 0.6) is 0 Å². The van der Waals surface area contributed by atoms with Crippen molar-refractivity contribution in [2.24, 2.45) is 11.3 Å². The summed E-state index contributed by atoms with van der Waals surface area (Å²) in [4.78, 5) is 18.8. The van der Waals surface area contributed by atoms with Crippen molar-refractivity contribution in [1.82, 2.24) is 14.6 Å². The highest BCUT2D eigenvalue weighted by Gasteiger charge is 2.34. The molecule has 2 aromatic carbocycles. The minimum absolute atomic E-state index is 0.0922. The Labute approximate surface area is 208 Å². The van der Waals surface area contributed by atoms with Crippen molar-refractivity contribution >= 4 is 26.7 Å². The van der Waals surface area contributed by atoms with E-state index in [4.69, 9.17) is 0 Å². The molecule has 5 rings (SSSR count). The molecule has 0 saturated carbocycles. The number of hydrogen-bond acceptors (Lipinski definition) is 4. The van der Waals surface area contributed by atoms with E-state index in [1.807, 2.05) is 13.0 Å². The van der Waals surface area contributed by atoms with Crippen molar-refractivity contribution in [3.05, 3.63) is 64.3 Å². The number of sulfonamides is 1. The van der Waals surface area contributed by atoms with Gasteiger partial charge in [-0.1, -0.05) is 43.7 Å². The van der Waals surface area contributed by atoms with Gasteiger partial charge in [0, 0.05) is 48.2 Å². The van der Waals surface area contributed by atoms with E-state index < -0.39 is 10.0 Å². The summed E-state index contributed by atoms with van der Waals surface area (Å²) in [5, 5.41) is 0.833. The number of carbonyl (C=O) groups excluding carboxylic acids is 1. The minimum Gasteiger partial charge on any atom is -0.358 e. The number of H-pyrrole nitrogens is 1. The molecule has 0 radical (unpaired) electrons. The molecular formula is C28H35N3O3S. The molecule has 1 saturated heterocycles. The lowest BCUT2D eigenvalue weighted by molar-refractivity contribution is 0.0913. The molecule has 2 heterocycles. The van der Waals surface area contributed by atoms with Gasteiger partial charge in [0.05, 0.1) is 4.90 Å². The van der Waals surface area contributed by atoms with Crippen LogP contribution >= 0.6 is 0 Å². The van der Waals surface area contributed by atoms with Crippen molar-refractivity contribution < 1.29 is 13.2 Å². The number of Topliss-reactive ketones (excluding diaryl/α,β-unsaturated/α-hetero) is 1. The lowest BCUT2D eigenvalue weighted by atomic mass is 9.76. The molecule has 1 aliphatic carbocycles. The second-order valence-electron chi connectivity index (χ2n) is 11.3. The lowest BCUT2D eigenvalue weighted by Gasteiger charge is -2.28. The van der Waals surface area contributed by atoms with Crippen molar-refractivity contribution in [1.29, 1.82) is 0 Å². The molecule has 1 aromatic heterocycles. The molecule has 35 heavy (non-hydrogen) atoms. The number of fused-ring (bicyclic) bond motifs is 3. The first kappa shape index (κ1) is 24.2. The van der Waals surface area contributed by atoms with E-state index in [0.29, 0.717) is 18.5 Å². The summed E-state index contributed by atoms with van der Waals surface area (Å²) >= 11 is 0. The predicted molar refractivity (Wildman–Crippen MR) is 139 cm³/mol. The van der Waals surface area contributed by atoms with Crippen molar-refractivity contribution in [2.75, 3.05) is 19.6 Å². The quantitative estimate of drug-likeness (QED) is 0.520. The van der Waals surface area contributed by atoms with Gasteiger partial charge in [-0.05, 0) is 67.8 Å². The zero-order chi connectivity index (χ0) is 25.0. The van der Waals surface area contributed by atoms with Gasteiger partial charge in [-0.2, -0.15) is 0 Å². The Balaban J connectivity index is 1.29. The van der Waals surface area contributed by atoms with Gasteiger partial charge in [0.25, 0.3) is 0 Å².